The Hall–Kier alpha value is -1.55. The lowest BCUT2D eigenvalue weighted by atomic mass is 9.79. The van der Waals surface area contributed by atoms with E-state index in [1.807, 2.05) is 29.2 Å². The second kappa shape index (κ2) is 8.02. The first-order valence-corrected chi connectivity index (χ1v) is 9.12. The zero-order valence-electron chi connectivity index (χ0n) is 14.9. The Labute approximate surface area is 145 Å². The van der Waals surface area contributed by atoms with Gasteiger partial charge in [0.15, 0.2) is 0 Å². The normalized spacial score (nSPS) is 21.0. The minimum Gasteiger partial charge on any atom is -0.496 e. The lowest BCUT2D eigenvalue weighted by molar-refractivity contribution is -0.128. The summed E-state index contributed by atoms with van der Waals surface area (Å²) in [6.45, 7) is 4.24. The van der Waals surface area contributed by atoms with Gasteiger partial charge in [0.2, 0.25) is 5.91 Å². The SMILES string of the molecule is COc1ccccc1[CH]C(=O)N1CCC(C2CCN(C)CC2)CC1. The molecule has 0 N–H and O–H groups in total. The molecule has 3 rings (SSSR count). The smallest absolute Gasteiger partial charge is 0.231 e. The summed E-state index contributed by atoms with van der Waals surface area (Å²) in [5, 5.41) is 0. The molecule has 1 aromatic rings. The number of ether oxygens (including phenoxy) is 1. The highest BCUT2D eigenvalue weighted by Gasteiger charge is 2.30. The zero-order valence-corrected chi connectivity index (χ0v) is 14.9. The van der Waals surface area contributed by atoms with E-state index >= 15 is 0 Å². The number of rotatable bonds is 4. The molecular weight excluding hydrogens is 300 g/mol. The number of benzene rings is 1. The molecule has 0 unspecified atom stereocenters. The molecule has 4 heteroatoms. The number of carbonyl (C=O) groups is 1. The van der Waals surface area contributed by atoms with Crippen LogP contribution in [0.3, 0.4) is 0 Å². The van der Waals surface area contributed by atoms with Crippen molar-refractivity contribution < 1.29 is 9.53 Å². The number of nitrogens with zero attached hydrogens (tertiary/aromatic N) is 2. The highest BCUT2D eigenvalue weighted by Crippen LogP contribution is 2.32. The van der Waals surface area contributed by atoms with Crippen LogP contribution in [0.5, 0.6) is 5.75 Å². The van der Waals surface area contributed by atoms with Gasteiger partial charge in [0, 0.05) is 18.7 Å². The Morgan fingerprint density at radius 3 is 2.25 bits per heavy atom. The van der Waals surface area contributed by atoms with E-state index in [0.717, 1.165) is 49.1 Å². The number of hydrogen-bond acceptors (Lipinski definition) is 3. The van der Waals surface area contributed by atoms with Crippen LogP contribution < -0.4 is 4.74 Å². The molecule has 2 fully saturated rings. The third-order valence-electron chi connectivity index (χ3n) is 5.70. The van der Waals surface area contributed by atoms with Gasteiger partial charge in [-0.3, -0.25) is 4.79 Å². The predicted octanol–water partition coefficient (Wildman–Crippen LogP) is 2.83. The first kappa shape index (κ1) is 17.3. The first-order chi connectivity index (χ1) is 11.7. The van der Waals surface area contributed by atoms with E-state index in [-0.39, 0.29) is 5.91 Å². The van der Waals surface area contributed by atoms with Crippen LogP contribution in [0.4, 0.5) is 0 Å². The molecule has 2 saturated heterocycles. The van der Waals surface area contributed by atoms with E-state index in [0.29, 0.717) is 0 Å². The largest absolute Gasteiger partial charge is 0.496 e. The van der Waals surface area contributed by atoms with Crippen molar-refractivity contribution in [3.8, 4) is 5.75 Å². The predicted molar refractivity (Wildman–Crippen MR) is 95.9 cm³/mol. The monoisotopic (exact) mass is 329 g/mol. The van der Waals surface area contributed by atoms with Gasteiger partial charge in [-0.2, -0.15) is 0 Å². The summed E-state index contributed by atoms with van der Waals surface area (Å²) < 4.78 is 5.33. The van der Waals surface area contributed by atoms with Gasteiger partial charge in [-0.25, -0.2) is 0 Å². The number of carbonyl (C=O) groups excluding carboxylic acids is 1. The Balaban J connectivity index is 1.50. The number of hydrogen-bond donors (Lipinski definition) is 0. The minimum atomic E-state index is 0.112. The van der Waals surface area contributed by atoms with Gasteiger partial charge < -0.3 is 14.5 Å². The highest BCUT2D eigenvalue weighted by molar-refractivity contribution is 5.89. The molecule has 2 aliphatic heterocycles. The van der Waals surface area contributed by atoms with Crippen LogP contribution in [0, 0.1) is 18.3 Å². The fourth-order valence-corrected chi connectivity index (χ4v) is 4.10. The fraction of sp³-hybridized carbons (Fsp3) is 0.600. The molecule has 0 aromatic heterocycles. The average Bonchev–Trinajstić information content (AvgIpc) is 2.63. The van der Waals surface area contributed by atoms with Crippen LogP contribution in [-0.4, -0.2) is 56.0 Å². The van der Waals surface area contributed by atoms with Crippen LogP contribution >= 0.6 is 0 Å². The summed E-state index contributed by atoms with van der Waals surface area (Å²) in [5.74, 6) is 2.53. The molecule has 0 bridgehead atoms. The lowest BCUT2D eigenvalue weighted by Gasteiger charge is -2.39. The third kappa shape index (κ3) is 4.10. The Morgan fingerprint density at radius 1 is 1.04 bits per heavy atom. The van der Waals surface area contributed by atoms with Crippen molar-refractivity contribution in [1.29, 1.82) is 0 Å². The van der Waals surface area contributed by atoms with Crippen molar-refractivity contribution in [3.05, 3.63) is 36.2 Å². The molecule has 0 spiro atoms. The topological polar surface area (TPSA) is 32.8 Å². The van der Waals surface area contributed by atoms with E-state index in [1.54, 1.807) is 13.5 Å². The van der Waals surface area contributed by atoms with Gasteiger partial charge in [0.1, 0.15) is 5.75 Å². The van der Waals surface area contributed by atoms with Crippen LogP contribution in [0.15, 0.2) is 24.3 Å². The standard InChI is InChI=1S/C20H29N2O2/c1-21-11-7-16(8-12-21)17-9-13-22(14-10-17)20(23)15-18-5-3-4-6-19(18)24-2/h3-6,15-17H,7-14H2,1-2H3. The summed E-state index contributed by atoms with van der Waals surface area (Å²) in [6.07, 6.45) is 6.67. The minimum absolute atomic E-state index is 0.112. The molecule has 0 aliphatic carbocycles. The summed E-state index contributed by atoms with van der Waals surface area (Å²) in [7, 11) is 3.86. The van der Waals surface area contributed by atoms with E-state index in [4.69, 9.17) is 4.74 Å². The van der Waals surface area contributed by atoms with E-state index in [2.05, 4.69) is 11.9 Å². The number of amides is 1. The molecule has 1 amide bonds. The van der Waals surface area contributed by atoms with E-state index in [1.165, 1.54) is 25.9 Å². The molecule has 0 saturated carbocycles. The second-order valence-electron chi connectivity index (χ2n) is 7.19. The quantitative estimate of drug-likeness (QED) is 0.851. The number of piperidine rings is 2. The second-order valence-corrected chi connectivity index (χ2v) is 7.19. The van der Waals surface area contributed by atoms with Crippen LogP contribution in [0.25, 0.3) is 0 Å². The Bertz CT molecular complexity index is 544. The summed E-state index contributed by atoms with van der Waals surface area (Å²) in [5.41, 5.74) is 0.863. The van der Waals surface area contributed by atoms with Crippen LogP contribution in [0.1, 0.15) is 31.2 Å². The molecule has 1 radical (unpaired) electrons. The van der Waals surface area contributed by atoms with E-state index < -0.39 is 0 Å². The van der Waals surface area contributed by atoms with Crippen molar-refractivity contribution in [1.82, 2.24) is 9.80 Å². The maximum atomic E-state index is 12.6. The van der Waals surface area contributed by atoms with Crippen molar-refractivity contribution in [2.45, 2.75) is 25.7 Å². The third-order valence-corrected chi connectivity index (χ3v) is 5.70. The van der Waals surface area contributed by atoms with Crippen molar-refractivity contribution >= 4 is 5.91 Å². The molecule has 0 atom stereocenters. The molecule has 2 heterocycles. The Kier molecular flexibility index (Phi) is 5.77. The van der Waals surface area contributed by atoms with Crippen LogP contribution in [-0.2, 0) is 4.79 Å². The zero-order chi connectivity index (χ0) is 16.9. The fourth-order valence-electron chi connectivity index (χ4n) is 4.10. The maximum absolute atomic E-state index is 12.6. The van der Waals surface area contributed by atoms with Crippen molar-refractivity contribution in [3.63, 3.8) is 0 Å². The summed E-state index contributed by atoms with van der Waals surface area (Å²) in [4.78, 5) is 17.0. The van der Waals surface area contributed by atoms with Gasteiger partial charge in [0.05, 0.1) is 13.5 Å². The van der Waals surface area contributed by atoms with Gasteiger partial charge in [-0.05, 0) is 63.7 Å². The van der Waals surface area contributed by atoms with E-state index in [9.17, 15) is 4.79 Å². The Morgan fingerprint density at radius 2 is 1.62 bits per heavy atom. The molecule has 24 heavy (non-hydrogen) atoms. The number of likely N-dealkylation sites (tertiary alicyclic amines) is 2. The van der Waals surface area contributed by atoms with Crippen LogP contribution in [0.2, 0.25) is 0 Å². The molecule has 1 aromatic carbocycles. The van der Waals surface area contributed by atoms with Crippen molar-refractivity contribution in [2.24, 2.45) is 11.8 Å². The maximum Gasteiger partial charge on any atom is 0.231 e. The van der Waals surface area contributed by atoms with Gasteiger partial charge in [-0.1, -0.05) is 18.2 Å². The number of methoxy groups -OCH3 is 1. The van der Waals surface area contributed by atoms with Gasteiger partial charge >= 0.3 is 0 Å². The summed E-state index contributed by atoms with van der Waals surface area (Å²) in [6, 6.07) is 7.69. The summed E-state index contributed by atoms with van der Waals surface area (Å²) >= 11 is 0. The highest BCUT2D eigenvalue weighted by atomic mass is 16.5. The van der Waals surface area contributed by atoms with Gasteiger partial charge in [0.25, 0.3) is 0 Å². The molecular formula is C20H29N2O2. The molecule has 131 valence electrons. The molecule has 2 aliphatic rings. The lowest BCUT2D eigenvalue weighted by Crippen LogP contribution is -2.42. The van der Waals surface area contributed by atoms with Crippen molar-refractivity contribution in [2.75, 3.05) is 40.3 Å². The van der Waals surface area contributed by atoms with Gasteiger partial charge in [-0.15, -0.1) is 0 Å². The molecule has 4 nitrogen and oxygen atoms in total. The first-order valence-electron chi connectivity index (χ1n) is 9.12. The number of para-hydroxylation sites is 1. The average molecular weight is 329 g/mol.